The number of nitrogens with two attached hydrogens (primary N) is 2. The van der Waals surface area contributed by atoms with Gasteiger partial charge in [0.25, 0.3) is 12.9 Å². The van der Waals surface area contributed by atoms with Crippen LogP contribution in [0.5, 0.6) is 0 Å². The van der Waals surface area contributed by atoms with Gasteiger partial charge in [0.15, 0.2) is 23.1 Å². The van der Waals surface area contributed by atoms with Gasteiger partial charge in [0, 0.05) is 67.9 Å². The first kappa shape index (κ1) is 88.8. The number of aliphatic carboxylic acids is 2. The lowest BCUT2D eigenvalue weighted by molar-refractivity contribution is -0.156. The van der Waals surface area contributed by atoms with Gasteiger partial charge in [-0.1, -0.05) is 71.1 Å². The molecule has 572 valence electrons. The van der Waals surface area contributed by atoms with E-state index in [2.05, 4.69) is 66.7 Å². The molecule has 36 heteroatoms. The zero-order valence-corrected chi connectivity index (χ0v) is 58.6. The van der Waals surface area contributed by atoms with Crippen LogP contribution in [0.3, 0.4) is 0 Å². The lowest BCUT2D eigenvalue weighted by Gasteiger charge is -2.29. The number of carbonyl (C=O) groups is 18. The minimum absolute atomic E-state index is 0.0122. The second kappa shape index (κ2) is 47.8. The van der Waals surface area contributed by atoms with E-state index in [9.17, 15) is 102 Å². The number of hydrogen-bond donors (Lipinski definition) is 15. The molecule has 12 atom stereocenters. The van der Waals surface area contributed by atoms with E-state index in [1.54, 1.807) is 13.0 Å². The molecular weight excluding hydrogens is 1360 g/mol. The van der Waals surface area contributed by atoms with Crippen LogP contribution >= 0.6 is 0 Å². The maximum absolute atomic E-state index is 14.9. The second-order valence-electron chi connectivity index (χ2n) is 24.8. The fourth-order valence-corrected chi connectivity index (χ4v) is 10.8. The number of aliphatic hydroxyl groups is 1. The van der Waals surface area contributed by atoms with Gasteiger partial charge < -0.3 is 94.2 Å². The number of esters is 1. The maximum atomic E-state index is 14.9. The number of hydrogen-bond acceptors (Lipinski definition) is 25. The Morgan fingerprint density at radius 1 is 0.699 bits per heavy atom. The topological polar surface area (TPSA) is 568 Å². The number of ketones is 4. The number of para-hydroxylation sites is 1. The smallest absolute Gasteiger partial charge is 0.329 e. The molecule has 1 heterocycles. The van der Waals surface area contributed by atoms with Crippen LogP contribution in [-0.4, -0.2) is 217 Å². The van der Waals surface area contributed by atoms with Crippen LogP contribution in [0.2, 0.25) is 0 Å². The summed E-state index contributed by atoms with van der Waals surface area (Å²) >= 11 is 0. The molecule has 1 aliphatic rings. The molecule has 103 heavy (non-hydrogen) atoms. The first-order valence-corrected chi connectivity index (χ1v) is 33.9. The molecule has 0 bridgehead atoms. The van der Waals surface area contributed by atoms with Gasteiger partial charge in [-0.3, -0.25) is 81.5 Å². The molecule has 1 aromatic rings. The molecule has 0 radical (unpaired) electrons. The monoisotopic (exact) mass is 1460 g/mol. The quantitative estimate of drug-likeness (QED) is 0.0110. The Morgan fingerprint density at radius 3 is 1.91 bits per heavy atom. The third-order valence-electron chi connectivity index (χ3n) is 16.5. The molecule has 1 fully saturated rings. The fraction of sp³-hybridized carbons (Fsp3) is 0.612. The molecule has 1 saturated heterocycles. The summed E-state index contributed by atoms with van der Waals surface area (Å²) in [6.45, 7) is 6.73. The van der Waals surface area contributed by atoms with Gasteiger partial charge in [-0.2, -0.15) is 0 Å². The van der Waals surface area contributed by atoms with Gasteiger partial charge in [0.2, 0.25) is 53.2 Å². The highest BCUT2D eigenvalue weighted by Gasteiger charge is 2.40. The molecule has 0 saturated carbocycles. The Kier molecular flexibility index (Phi) is 41.2. The Hall–Kier alpha value is -10.3. The Balaban J connectivity index is 2.97. The number of ether oxygens (including phenoxy) is 3. The highest BCUT2D eigenvalue weighted by atomic mass is 16.5. The van der Waals surface area contributed by atoms with Crippen LogP contribution in [0.25, 0.3) is 0 Å². The SMILES string of the molecule is C=C1NCC(=O)N[C@H](CO)C(=O)C[C@@H]([C@H](C)CC(=O)O)C(=O)N[C@@H](CC(=O)c2ccccc2NCC)C(=O)O[C@H](C)[C@H](NC(=O)[C@H](CC(=O)O)CC(=O)[C@@H](CC(N)=O)NC(=O)CCCCCCCCC)C(=O)NCC(=O)N[C@@H](CCCN)C(=O)C[C@@H](COC=O)C(=O)N[C@H](C)C(=O)N[C@H]1COC=O. The van der Waals surface area contributed by atoms with Crippen molar-refractivity contribution in [2.45, 2.75) is 192 Å². The van der Waals surface area contributed by atoms with E-state index in [0.717, 1.165) is 39.0 Å². The first-order chi connectivity index (χ1) is 48.8. The molecule has 1 aliphatic heterocycles. The predicted molar refractivity (Wildman–Crippen MR) is 363 cm³/mol. The Labute approximate surface area is 595 Å². The van der Waals surface area contributed by atoms with Crippen molar-refractivity contribution < 1.29 is 116 Å². The predicted octanol–water partition coefficient (Wildman–Crippen LogP) is -2.33. The largest absolute Gasteiger partial charge is 0.481 e. The van der Waals surface area contributed by atoms with Crippen LogP contribution in [-0.2, 0) is 95.7 Å². The van der Waals surface area contributed by atoms with E-state index in [1.807, 2.05) is 0 Å². The van der Waals surface area contributed by atoms with Gasteiger partial charge in [0.1, 0.15) is 49.5 Å². The summed E-state index contributed by atoms with van der Waals surface area (Å²) in [5.41, 5.74) is 11.2. The summed E-state index contributed by atoms with van der Waals surface area (Å²) in [6, 6.07) is -6.42. The first-order valence-electron chi connectivity index (χ1n) is 33.9. The number of amides is 9. The molecule has 0 spiro atoms. The van der Waals surface area contributed by atoms with E-state index in [4.69, 9.17) is 25.7 Å². The number of carboxylic acid groups (broad SMARTS) is 2. The molecule has 9 amide bonds. The number of primary amides is 1. The number of nitrogens with one attached hydrogen (secondary N) is 10. The average Bonchev–Trinajstić information content (AvgIpc) is 0.890. The standard InChI is InChI=1S/C67H100N12O24/c1-7-9-10-11-12-13-14-21-56(88)75-47(29-55(69)87)53(85)24-41(26-60(93)94)63(96)79-61-40(6)103-67(100)48(28-51(83)43-18-15-16-19-45(43)70-8-2)77-65(98)44(37(3)23-59(91)92)27-54(86)49(32-80)76-57(89)30-71-38(4)50(34-102-36-82)78-62(95)39(5)73-64(97)42(33-101-35-81)25-52(84)46(20-17-22-68)74-58(90)31-72-66(61)99/h15-16,18-19,35-37,39-42,44,46-50,61,70-71,80H,4,7-14,17,20-34,68H2,1-3,5-6H3,(H2,69,87)(H,72,99)(H,73,97)(H,74,90)(H,75,88)(H,76,89)(H,77,98)(H,78,95)(H,79,96)(H,91,92)(H,93,94)/t37-,39-,40-,41+,42+,44+,46+,47-,48+,49-,50+,61+/m1/s1. The molecule has 36 nitrogen and oxygen atoms in total. The van der Waals surface area contributed by atoms with E-state index < -0.39 is 244 Å². The lowest BCUT2D eigenvalue weighted by Crippen LogP contribution is -2.57. The van der Waals surface area contributed by atoms with Crippen molar-refractivity contribution >= 4 is 113 Å². The number of rotatable bonds is 36. The number of unbranched alkanes of at least 4 members (excludes halogenated alkanes) is 6. The highest BCUT2D eigenvalue weighted by molar-refractivity contribution is 6.05. The third-order valence-corrected chi connectivity index (χ3v) is 16.5. The normalized spacial score (nSPS) is 22.1. The summed E-state index contributed by atoms with van der Waals surface area (Å²) in [5, 5.41) is 54.6. The van der Waals surface area contributed by atoms with Crippen molar-refractivity contribution in [2.75, 3.05) is 51.3 Å². The summed E-state index contributed by atoms with van der Waals surface area (Å²) in [6.07, 6.45) is -3.01. The number of aliphatic hydroxyl groups excluding tert-OH is 1. The van der Waals surface area contributed by atoms with Crippen LogP contribution in [0, 0.1) is 23.7 Å². The maximum Gasteiger partial charge on any atom is 0.329 e. The minimum Gasteiger partial charge on any atom is -0.481 e. The van der Waals surface area contributed by atoms with Gasteiger partial charge in [-0.25, -0.2) is 4.79 Å². The zero-order chi connectivity index (χ0) is 77.3. The van der Waals surface area contributed by atoms with Gasteiger partial charge in [0.05, 0.1) is 56.5 Å². The van der Waals surface area contributed by atoms with E-state index in [0.29, 0.717) is 12.8 Å². The molecule has 0 aromatic heterocycles. The van der Waals surface area contributed by atoms with Crippen molar-refractivity contribution in [1.82, 2.24) is 47.9 Å². The number of Topliss-reactive ketones (excluding diaryl/α,β-unsaturated/α-hetero) is 4. The van der Waals surface area contributed by atoms with E-state index in [-0.39, 0.29) is 62.2 Å². The number of carboxylic acids is 2. The van der Waals surface area contributed by atoms with Gasteiger partial charge in [-0.05, 0) is 64.6 Å². The van der Waals surface area contributed by atoms with Crippen molar-refractivity contribution in [1.29, 1.82) is 0 Å². The third kappa shape index (κ3) is 33.4. The lowest BCUT2D eigenvalue weighted by atomic mass is 9.84. The number of benzene rings is 1. The van der Waals surface area contributed by atoms with Crippen molar-refractivity contribution in [3.05, 3.63) is 42.1 Å². The van der Waals surface area contributed by atoms with Gasteiger partial charge >= 0.3 is 17.9 Å². The van der Waals surface area contributed by atoms with Crippen molar-refractivity contribution in [3.63, 3.8) is 0 Å². The number of cyclic esters (lactones) is 1. The molecule has 2 rings (SSSR count). The highest BCUT2D eigenvalue weighted by Crippen LogP contribution is 2.24. The van der Waals surface area contributed by atoms with Crippen LogP contribution in [0.15, 0.2) is 36.5 Å². The summed E-state index contributed by atoms with van der Waals surface area (Å²) in [5.74, 6) is -25.3. The fourth-order valence-electron chi connectivity index (χ4n) is 10.8. The Bertz CT molecular complexity index is 3150. The Morgan fingerprint density at radius 2 is 1.30 bits per heavy atom. The van der Waals surface area contributed by atoms with E-state index in [1.165, 1.54) is 32.0 Å². The van der Waals surface area contributed by atoms with Crippen molar-refractivity contribution in [3.8, 4) is 0 Å². The molecular formula is C67H100N12O24. The summed E-state index contributed by atoms with van der Waals surface area (Å²) in [4.78, 5) is 243. The van der Waals surface area contributed by atoms with Crippen LogP contribution in [0.4, 0.5) is 5.69 Å². The van der Waals surface area contributed by atoms with Gasteiger partial charge in [-0.15, -0.1) is 0 Å². The number of carbonyl (C=O) groups excluding carboxylic acids is 16. The molecule has 0 aliphatic carbocycles. The van der Waals surface area contributed by atoms with Crippen LogP contribution < -0.4 is 64.6 Å². The van der Waals surface area contributed by atoms with E-state index >= 15 is 0 Å². The minimum atomic E-state index is -2.27. The molecule has 1 aromatic carbocycles. The zero-order valence-electron chi connectivity index (χ0n) is 58.6. The molecule has 17 N–H and O–H groups in total. The summed E-state index contributed by atoms with van der Waals surface area (Å²) < 4.78 is 15.4. The molecule has 0 unspecified atom stereocenters. The summed E-state index contributed by atoms with van der Waals surface area (Å²) in [7, 11) is 0. The van der Waals surface area contributed by atoms with Crippen molar-refractivity contribution in [2.24, 2.45) is 35.1 Å². The average molecular weight is 1460 g/mol. The second-order valence-corrected chi connectivity index (χ2v) is 24.8. The number of anilines is 1. The van der Waals surface area contributed by atoms with Crippen LogP contribution in [0.1, 0.15) is 154 Å².